The molecule has 0 aliphatic heterocycles. The summed E-state index contributed by atoms with van der Waals surface area (Å²) in [7, 11) is 0. The summed E-state index contributed by atoms with van der Waals surface area (Å²) in [6, 6.07) is 6.44. The van der Waals surface area contributed by atoms with E-state index in [-0.39, 0.29) is 5.82 Å². The van der Waals surface area contributed by atoms with Gasteiger partial charge in [0.15, 0.2) is 0 Å². The normalized spacial score (nSPS) is 12.8. The molecule has 0 amide bonds. The molecule has 0 radical (unpaired) electrons. The van der Waals surface area contributed by atoms with Crippen molar-refractivity contribution in [2.45, 2.75) is 19.9 Å². The van der Waals surface area contributed by atoms with Crippen LogP contribution in [0.25, 0.3) is 0 Å². The number of halogens is 1. The Morgan fingerprint density at radius 3 is 2.50 bits per heavy atom. The monoisotopic (exact) mass is 219 g/mol. The highest BCUT2D eigenvalue weighted by atomic mass is 19.1. The molecular weight excluding hydrogens is 205 g/mol. The minimum atomic E-state index is -0.412. The van der Waals surface area contributed by atoms with Gasteiger partial charge in [-0.2, -0.15) is 0 Å². The van der Waals surface area contributed by atoms with Gasteiger partial charge in [0.25, 0.3) is 0 Å². The van der Waals surface area contributed by atoms with Crippen molar-refractivity contribution >= 4 is 0 Å². The maximum atomic E-state index is 13.4. The molecule has 1 atom stereocenters. The molecule has 0 spiro atoms. The third-order valence-corrected chi connectivity index (χ3v) is 2.74. The van der Waals surface area contributed by atoms with Crippen molar-refractivity contribution in [1.29, 1.82) is 0 Å². The minimum absolute atomic E-state index is 0.239. The molecule has 0 fully saturated rings. The highest BCUT2D eigenvalue weighted by molar-refractivity contribution is 5.32. The first-order valence-corrected chi connectivity index (χ1v) is 5.15. The molecule has 2 nitrogen and oxygen atoms in total. The van der Waals surface area contributed by atoms with Gasteiger partial charge in [-0.15, -0.1) is 0 Å². The molecule has 0 saturated carbocycles. The highest BCUT2D eigenvalue weighted by Crippen LogP contribution is 2.24. The summed E-state index contributed by atoms with van der Waals surface area (Å²) in [6.45, 7) is 3.64. The van der Waals surface area contributed by atoms with Crippen molar-refractivity contribution in [2.75, 3.05) is 0 Å². The molecule has 1 heterocycles. The number of aryl methyl sites for hydroxylation is 2. The fourth-order valence-electron chi connectivity index (χ4n) is 1.66. The molecule has 0 aliphatic rings. The van der Waals surface area contributed by atoms with Crippen molar-refractivity contribution in [3.05, 3.63) is 58.8 Å². The molecule has 1 aromatic carbocycles. The predicted octanol–water partition coefficient (Wildman–Crippen LogP) is 3.08. The molecule has 16 heavy (non-hydrogen) atoms. The third kappa shape index (κ3) is 1.86. The lowest BCUT2D eigenvalue weighted by atomic mass is 10.0. The van der Waals surface area contributed by atoms with Crippen LogP contribution < -0.4 is 5.73 Å². The Kier molecular flexibility index (Phi) is 2.79. The van der Waals surface area contributed by atoms with E-state index in [1.165, 1.54) is 6.07 Å². The molecule has 3 heteroatoms. The molecule has 2 N–H and O–H groups in total. The van der Waals surface area contributed by atoms with Crippen molar-refractivity contribution < 1.29 is 8.81 Å². The van der Waals surface area contributed by atoms with E-state index >= 15 is 0 Å². The van der Waals surface area contributed by atoms with Gasteiger partial charge in [0, 0.05) is 0 Å². The van der Waals surface area contributed by atoms with Gasteiger partial charge < -0.3 is 10.2 Å². The smallest absolute Gasteiger partial charge is 0.127 e. The van der Waals surface area contributed by atoms with Gasteiger partial charge in [-0.05, 0) is 42.7 Å². The maximum Gasteiger partial charge on any atom is 0.127 e. The molecule has 2 rings (SSSR count). The number of furan rings is 1. The number of benzene rings is 1. The van der Waals surface area contributed by atoms with Crippen LogP contribution in [0.4, 0.5) is 4.39 Å². The minimum Gasteiger partial charge on any atom is -0.467 e. The predicted molar refractivity (Wildman–Crippen MR) is 60.6 cm³/mol. The van der Waals surface area contributed by atoms with E-state index in [1.807, 2.05) is 19.1 Å². The zero-order valence-electron chi connectivity index (χ0n) is 9.33. The summed E-state index contributed by atoms with van der Waals surface area (Å²) < 4.78 is 18.7. The maximum absolute atomic E-state index is 13.4. The van der Waals surface area contributed by atoms with Gasteiger partial charge in [-0.25, -0.2) is 4.39 Å². The molecule has 1 unspecified atom stereocenters. The summed E-state index contributed by atoms with van der Waals surface area (Å²) in [5.41, 5.74) is 8.34. The Hall–Kier alpha value is -1.61. The Morgan fingerprint density at radius 1 is 1.19 bits per heavy atom. The van der Waals surface area contributed by atoms with Crippen LogP contribution in [0.5, 0.6) is 0 Å². The van der Waals surface area contributed by atoms with Crippen LogP contribution in [0.15, 0.2) is 34.9 Å². The fourth-order valence-corrected chi connectivity index (χ4v) is 1.66. The summed E-state index contributed by atoms with van der Waals surface area (Å²) in [5.74, 6) is 0.445. The van der Waals surface area contributed by atoms with Gasteiger partial charge in [-0.3, -0.25) is 0 Å². The van der Waals surface area contributed by atoms with E-state index in [4.69, 9.17) is 10.2 Å². The Balaban J connectivity index is 2.38. The zero-order chi connectivity index (χ0) is 11.7. The molecule has 1 aromatic heterocycles. The summed E-state index contributed by atoms with van der Waals surface area (Å²) >= 11 is 0. The van der Waals surface area contributed by atoms with Gasteiger partial charge >= 0.3 is 0 Å². The van der Waals surface area contributed by atoms with Crippen LogP contribution in [0, 0.1) is 19.7 Å². The van der Waals surface area contributed by atoms with E-state index < -0.39 is 6.04 Å². The largest absolute Gasteiger partial charge is 0.467 e. The lowest BCUT2D eigenvalue weighted by Gasteiger charge is -2.11. The average Bonchev–Trinajstić information content (AvgIpc) is 2.67. The summed E-state index contributed by atoms with van der Waals surface area (Å²) in [5, 5.41) is 0. The molecule has 2 aromatic rings. The topological polar surface area (TPSA) is 39.2 Å². The van der Waals surface area contributed by atoms with Crippen LogP contribution >= 0.6 is 0 Å². The SMILES string of the molecule is Cc1ccc(C(N)c2occc2C)cc1F. The van der Waals surface area contributed by atoms with Crippen LogP contribution in [0.1, 0.15) is 28.5 Å². The Labute approximate surface area is 93.9 Å². The van der Waals surface area contributed by atoms with E-state index in [2.05, 4.69) is 0 Å². The van der Waals surface area contributed by atoms with Gasteiger partial charge in [-0.1, -0.05) is 12.1 Å². The Bertz CT molecular complexity index is 504. The van der Waals surface area contributed by atoms with Crippen LogP contribution in [0.2, 0.25) is 0 Å². The quantitative estimate of drug-likeness (QED) is 0.843. The zero-order valence-corrected chi connectivity index (χ0v) is 9.33. The van der Waals surface area contributed by atoms with E-state index in [0.29, 0.717) is 11.3 Å². The lowest BCUT2D eigenvalue weighted by Crippen LogP contribution is -2.12. The van der Waals surface area contributed by atoms with Gasteiger partial charge in [0.2, 0.25) is 0 Å². The van der Waals surface area contributed by atoms with Crippen molar-refractivity contribution in [1.82, 2.24) is 0 Å². The number of nitrogens with two attached hydrogens (primary N) is 1. The number of rotatable bonds is 2. The van der Waals surface area contributed by atoms with Crippen molar-refractivity contribution in [3.8, 4) is 0 Å². The first-order valence-electron chi connectivity index (χ1n) is 5.15. The van der Waals surface area contributed by atoms with Gasteiger partial charge in [0.05, 0.1) is 12.3 Å². The number of hydrogen-bond acceptors (Lipinski definition) is 2. The highest BCUT2D eigenvalue weighted by Gasteiger charge is 2.15. The summed E-state index contributed by atoms with van der Waals surface area (Å²) in [6.07, 6.45) is 1.59. The second-order valence-electron chi connectivity index (χ2n) is 3.95. The first-order chi connectivity index (χ1) is 7.59. The summed E-state index contributed by atoms with van der Waals surface area (Å²) in [4.78, 5) is 0. The molecule has 84 valence electrons. The fraction of sp³-hybridized carbons (Fsp3) is 0.231. The standard InChI is InChI=1S/C13H14FNO/c1-8-3-4-10(7-11(8)14)12(15)13-9(2)5-6-16-13/h3-7,12H,15H2,1-2H3. The third-order valence-electron chi connectivity index (χ3n) is 2.74. The van der Waals surface area contributed by atoms with Crippen LogP contribution in [-0.2, 0) is 0 Å². The number of hydrogen-bond donors (Lipinski definition) is 1. The molecule has 0 bridgehead atoms. The van der Waals surface area contributed by atoms with E-state index in [1.54, 1.807) is 19.3 Å². The second kappa shape index (κ2) is 4.10. The molecular formula is C13H14FNO. The van der Waals surface area contributed by atoms with Crippen molar-refractivity contribution in [2.24, 2.45) is 5.73 Å². The lowest BCUT2D eigenvalue weighted by molar-refractivity contribution is 0.485. The van der Waals surface area contributed by atoms with Gasteiger partial charge in [0.1, 0.15) is 11.6 Å². The molecule has 0 aliphatic carbocycles. The average molecular weight is 219 g/mol. The van der Waals surface area contributed by atoms with Crippen LogP contribution in [0.3, 0.4) is 0 Å². The van der Waals surface area contributed by atoms with Crippen molar-refractivity contribution in [3.63, 3.8) is 0 Å². The second-order valence-corrected chi connectivity index (χ2v) is 3.95. The molecule has 0 saturated heterocycles. The van der Waals surface area contributed by atoms with E-state index in [0.717, 1.165) is 11.1 Å². The van der Waals surface area contributed by atoms with Crippen LogP contribution in [-0.4, -0.2) is 0 Å². The van der Waals surface area contributed by atoms with E-state index in [9.17, 15) is 4.39 Å². The Morgan fingerprint density at radius 2 is 1.94 bits per heavy atom. The first kappa shape index (κ1) is 10.9.